The average molecular weight is 169 g/mol. The van der Waals surface area contributed by atoms with Gasteiger partial charge in [-0.3, -0.25) is 5.10 Å². The van der Waals surface area contributed by atoms with Gasteiger partial charge in [-0.25, -0.2) is 0 Å². The summed E-state index contributed by atoms with van der Waals surface area (Å²) in [6.07, 6.45) is 3.48. The van der Waals surface area contributed by atoms with Crippen LogP contribution >= 0.6 is 0 Å². The molecule has 0 spiro atoms. The van der Waals surface area contributed by atoms with Crippen LogP contribution in [0, 0.1) is 0 Å². The lowest BCUT2D eigenvalue weighted by atomic mass is 9.81. The molecule has 0 radical (unpaired) electrons. The number of aliphatic hydroxyl groups excluding tert-OH is 1. The zero-order valence-electron chi connectivity index (χ0n) is 7.54. The first-order valence-corrected chi connectivity index (χ1v) is 4.21. The van der Waals surface area contributed by atoms with Gasteiger partial charge < -0.3 is 5.11 Å². The normalized spacial score (nSPS) is 15.9. The fraction of sp³-hybridized carbons (Fsp3) is 0.750. The number of hydrogen-bond donors (Lipinski definition) is 2. The van der Waals surface area contributed by atoms with Gasteiger partial charge in [0.25, 0.3) is 0 Å². The molecule has 0 saturated heterocycles. The summed E-state index contributed by atoms with van der Waals surface area (Å²) in [7, 11) is 0. The van der Waals surface area contributed by atoms with Crippen LogP contribution in [0.4, 0.5) is 0 Å². The summed E-state index contributed by atoms with van der Waals surface area (Å²) in [6, 6.07) is 0. The summed E-state index contributed by atoms with van der Waals surface area (Å²) < 4.78 is 0. The Labute approximate surface area is 72.0 Å². The van der Waals surface area contributed by atoms with Gasteiger partial charge in [0.15, 0.2) is 0 Å². The molecular weight excluding hydrogens is 154 g/mol. The standard InChI is InChI=1S/C8H15N3O/c1-3-8(2,4-5-12)7-6-9-11-10-7/h6,12H,3-5H2,1-2H3,(H,9,10,11). The Balaban J connectivity index is 2.80. The molecule has 4 nitrogen and oxygen atoms in total. The molecule has 4 heteroatoms. The number of nitrogens with one attached hydrogen (secondary N) is 1. The fourth-order valence-electron chi connectivity index (χ4n) is 1.23. The minimum Gasteiger partial charge on any atom is -0.396 e. The van der Waals surface area contributed by atoms with Gasteiger partial charge in [0.2, 0.25) is 0 Å². The van der Waals surface area contributed by atoms with E-state index in [1.807, 2.05) is 0 Å². The van der Waals surface area contributed by atoms with E-state index in [0.29, 0.717) is 0 Å². The molecule has 68 valence electrons. The molecule has 0 aliphatic heterocycles. The molecule has 0 amide bonds. The molecule has 0 aromatic carbocycles. The highest BCUT2D eigenvalue weighted by molar-refractivity contribution is 5.09. The van der Waals surface area contributed by atoms with Gasteiger partial charge in [-0.2, -0.15) is 0 Å². The molecule has 1 atom stereocenters. The van der Waals surface area contributed by atoms with Crippen molar-refractivity contribution < 1.29 is 5.11 Å². The first kappa shape index (κ1) is 9.19. The second-order valence-corrected chi connectivity index (χ2v) is 3.25. The van der Waals surface area contributed by atoms with Crippen molar-refractivity contribution in [1.82, 2.24) is 15.4 Å². The molecule has 0 saturated carbocycles. The third-order valence-electron chi connectivity index (χ3n) is 2.48. The predicted octanol–water partition coefficient (Wildman–Crippen LogP) is 0.855. The van der Waals surface area contributed by atoms with E-state index in [1.54, 1.807) is 6.20 Å². The van der Waals surface area contributed by atoms with E-state index in [0.717, 1.165) is 18.5 Å². The third kappa shape index (κ3) is 1.64. The van der Waals surface area contributed by atoms with Crippen molar-refractivity contribution in [3.05, 3.63) is 11.9 Å². The minimum atomic E-state index is -0.0399. The summed E-state index contributed by atoms with van der Waals surface area (Å²) >= 11 is 0. The molecule has 1 rings (SSSR count). The van der Waals surface area contributed by atoms with Gasteiger partial charge in [-0.15, -0.1) is 5.10 Å². The smallest absolute Gasteiger partial charge is 0.0884 e. The lowest BCUT2D eigenvalue weighted by Gasteiger charge is -2.24. The molecule has 0 fully saturated rings. The Hall–Kier alpha value is -0.900. The van der Waals surface area contributed by atoms with Crippen LogP contribution in [0.5, 0.6) is 0 Å². The number of H-pyrrole nitrogens is 1. The van der Waals surface area contributed by atoms with Gasteiger partial charge in [0.1, 0.15) is 0 Å². The van der Waals surface area contributed by atoms with Crippen LogP contribution in [0.2, 0.25) is 0 Å². The van der Waals surface area contributed by atoms with Crippen LogP contribution in [-0.2, 0) is 5.41 Å². The molecule has 0 bridgehead atoms. The van der Waals surface area contributed by atoms with E-state index in [-0.39, 0.29) is 12.0 Å². The average Bonchev–Trinajstić information content (AvgIpc) is 2.57. The van der Waals surface area contributed by atoms with E-state index < -0.39 is 0 Å². The van der Waals surface area contributed by atoms with Gasteiger partial charge in [-0.05, 0) is 12.8 Å². The van der Waals surface area contributed by atoms with Crippen molar-refractivity contribution in [3.8, 4) is 0 Å². The van der Waals surface area contributed by atoms with Gasteiger partial charge in [0, 0.05) is 18.2 Å². The molecule has 12 heavy (non-hydrogen) atoms. The van der Waals surface area contributed by atoms with E-state index in [1.165, 1.54) is 0 Å². The van der Waals surface area contributed by atoms with Crippen LogP contribution in [0.1, 0.15) is 32.4 Å². The topological polar surface area (TPSA) is 61.8 Å². The fourth-order valence-corrected chi connectivity index (χ4v) is 1.23. The van der Waals surface area contributed by atoms with E-state index in [9.17, 15) is 0 Å². The van der Waals surface area contributed by atoms with Crippen LogP contribution in [-0.4, -0.2) is 27.1 Å². The lowest BCUT2D eigenvalue weighted by Crippen LogP contribution is -2.22. The highest BCUT2D eigenvalue weighted by atomic mass is 16.3. The summed E-state index contributed by atoms with van der Waals surface area (Å²) in [5.41, 5.74) is 0.890. The second kappa shape index (κ2) is 3.67. The summed E-state index contributed by atoms with van der Waals surface area (Å²) in [6.45, 7) is 4.36. The quantitative estimate of drug-likeness (QED) is 0.702. The predicted molar refractivity (Wildman–Crippen MR) is 45.7 cm³/mol. The van der Waals surface area contributed by atoms with E-state index in [4.69, 9.17) is 5.11 Å². The molecular formula is C8H15N3O. The molecule has 0 aliphatic carbocycles. The van der Waals surface area contributed by atoms with Crippen LogP contribution in [0.15, 0.2) is 6.20 Å². The Morgan fingerprint density at radius 1 is 1.67 bits per heavy atom. The Kier molecular flexibility index (Phi) is 2.81. The monoisotopic (exact) mass is 169 g/mol. The Bertz CT molecular complexity index is 222. The van der Waals surface area contributed by atoms with Crippen molar-refractivity contribution in [2.45, 2.75) is 32.1 Å². The summed E-state index contributed by atoms with van der Waals surface area (Å²) in [4.78, 5) is 0. The maximum Gasteiger partial charge on any atom is 0.0884 e. The number of hydrogen-bond acceptors (Lipinski definition) is 3. The first-order chi connectivity index (χ1) is 5.73. The van der Waals surface area contributed by atoms with E-state index in [2.05, 4.69) is 29.3 Å². The molecule has 0 aliphatic rings. The number of aliphatic hydroxyl groups is 1. The summed E-state index contributed by atoms with van der Waals surface area (Å²) in [5, 5.41) is 19.2. The second-order valence-electron chi connectivity index (χ2n) is 3.25. The maximum absolute atomic E-state index is 8.87. The van der Waals surface area contributed by atoms with E-state index >= 15 is 0 Å². The van der Waals surface area contributed by atoms with Crippen LogP contribution in [0.3, 0.4) is 0 Å². The molecule has 1 aromatic heterocycles. The largest absolute Gasteiger partial charge is 0.396 e. The Morgan fingerprint density at radius 2 is 2.42 bits per heavy atom. The number of aromatic amines is 1. The van der Waals surface area contributed by atoms with Crippen molar-refractivity contribution >= 4 is 0 Å². The maximum atomic E-state index is 8.87. The Morgan fingerprint density at radius 3 is 2.83 bits per heavy atom. The third-order valence-corrected chi connectivity index (χ3v) is 2.48. The van der Waals surface area contributed by atoms with Crippen molar-refractivity contribution in [2.24, 2.45) is 0 Å². The first-order valence-electron chi connectivity index (χ1n) is 4.21. The van der Waals surface area contributed by atoms with Crippen molar-refractivity contribution in [3.63, 3.8) is 0 Å². The van der Waals surface area contributed by atoms with Gasteiger partial charge in [0.05, 0.1) is 5.69 Å². The minimum absolute atomic E-state index is 0.0399. The zero-order valence-corrected chi connectivity index (χ0v) is 7.54. The molecule has 1 heterocycles. The van der Waals surface area contributed by atoms with Crippen LogP contribution < -0.4 is 0 Å². The van der Waals surface area contributed by atoms with Crippen molar-refractivity contribution in [2.75, 3.05) is 6.61 Å². The number of aromatic nitrogens is 3. The highest BCUT2D eigenvalue weighted by Crippen LogP contribution is 2.28. The van der Waals surface area contributed by atoms with Gasteiger partial charge >= 0.3 is 0 Å². The zero-order chi connectivity index (χ0) is 9.03. The lowest BCUT2D eigenvalue weighted by molar-refractivity contribution is 0.238. The van der Waals surface area contributed by atoms with Gasteiger partial charge in [-0.1, -0.05) is 19.1 Å². The SMILES string of the molecule is CCC(C)(CCO)c1c[nH]nn1. The molecule has 2 N–H and O–H groups in total. The summed E-state index contributed by atoms with van der Waals surface area (Å²) in [5.74, 6) is 0. The molecule has 1 aromatic rings. The highest BCUT2D eigenvalue weighted by Gasteiger charge is 2.26. The number of nitrogens with zero attached hydrogens (tertiary/aromatic N) is 2. The molecule has 1 unspecified atom stereocenters. The van der Waals surface area contributed by atoms with Crippen LogP contribution in [0.25, 0.3) is 0 Å². The van der Waals surface area contributed by atoms with Crippen molar-refractivity contribution in [1.29, 1.82) is 0 Å². The number of rotatable bonds is 4.